The number of aryl methyl sites for hydroxylation is 2. The van der Waals surface area contributed by atoms with E-state index in [2.05, 4.69) is 36.1 Å². The number of nitrogens with zero attached hydrogens (tertiary/aromatic N) is 5. The van der Waals surface area contributed by atoms with Gasteiger partial charge in [0.05, 0.1) is 23.5 Å². The van der Waals surface area contributed by atoms with Crippen molar-refractivity contribution < 1.29 is 4.52 Å². The standard InChI is InChI=1S/C18H22N6O/c1-12-18(13(2)25-23-12)16-8-15(21-11-22-16)7-14-3-6-24(9-14)10-17-19-4-5-20-17/h4-5,8,11,14H,3,6-7,9-10H2,1-2H3,(H,19,20)/t14-/m1/s1. The maximum atomic E-state index is 5.26. The maximum Gasteiger partial charge on any atom is 0.143 e. The molecule has 0 radical (unpaired) electrons. The molecule has 0 aliphatic carbocycles. The Labute approximate surface area is 146 Å². The molecule has 25 heavy (non-hydrogen) atoms. The van der Waals surface area contributed by atoms with Gasteiger partial charge < -0.3 is 9.51 Å². The molecular weight excluding hydrogens is 316 g/mol. The summed E-state index contributed by atoms with van der Waals surface area (Å²) in [7, 11) is 0. The number of hydrogen-bond donors (Lipinski definition) is 1. The van der Waals surface area contributed by atoms with Crippen LogP contribution in [0.25, 0.3) is 11.3 Å². The van der Waals surface area contributed by atoms with Gasteiger partial charge in [-0.2, -0.15) is 0 Å². The zero-order valence-electron chi connectivity index (χ0n) is 14.6. The monoisotopic (exact) mass is 338 g/mol. The highest BCUT2D eigenvalue weighted by molar-refractivity contribution is 5.63. The van der Waals surface area contributed by atoms with Gasteiger partial charge in [-0.15, -0.1) is 0 Å². The number of aromatic nitrogens is 5. The fraction of sp³-hybridized carbons (Fsp3) is 0.444. The zero-order chi connectivity index (χ0) is 17.2. The first kappa shape index (κ1) is 16.0. The molecule has 1 saturated heterocycles. The molecular formula is C18H22N6O. The molecule has 0 unspecified atom stereocenters. The van der Waals surface area contributed by atoms with Crippen molar-refractivity contribution >= 4 is 0 Å². The molecule has 3 aromatic heterocycles. The predicted octanol–water partition coefficient (Wildman–Crippen LogP) is 2.54. The minimum absolute atomic E-state index is 0.613. The van der Waals surface area contributed by atoms with Gasteiger partial charge in [0.1, 0.15) is 17.9 Å². The molecule has 7 nitrogen and oxygen atoms in total. The van der Waals surface area contributed by atoms with E-state index in [0.717, 1.165) is 60.3 Å². The van der Waals surface area contributed by atoms with E-state index in [4.69, 9.17) is 4.52 Å². The summed E-state index contributed by atoms with van der Waals surface area (Å²) in [6, 6.07) is 2.07. The molecule has 1 aliphatic rings. The molecule has 1 aliphatic heterocycles. The number of rotatable bonds is 5. The molecule has 130 valence electrons. The van der Waals surface area contributed by atoms with E-state index in [9.17, 15) is 0 Å². The number of imidazole rings is 1. The highest BCUT2D eigenvalue weighted by Crippen LogP contribution is 2.26. The lowest BCUT2D eigenvalue weighted by atomic mass is 10.0. The first-order chi connectivity index (χ1) is 12.2. The van der Waals surface area contributed by atoms with Crippen molar-refractivity contribution in [2.45, 2.75) is 33.2 Å². The summed E-state index contributed by atoms with van der Waals surface area (Å²) in [6.45, 7) is 6.92. The third-order valence-electron chi connectivity index (χ3n) is 4.81. The highest BCUT2D eigenvalue weighted by atomic mass is 16.5. The van der Waals surface area contributed by atoms with Gasteiger partial charge in [-0.05, 0) is 45.2 Å². The van der Waals surface area contributed by atoms with Crippen molar-refractivity contribution in [3.05, 3.63) is 47.8 Å². The third-order valence-corrected chi connectivity index (χ3v) is 4.81. The molecule has 3 aromatic rings. The van der Waals surface area contributed by atoms with Gasteiger partial charge in [-0.25, -0.2) is 15.0 Å². The first-order valence-electron chi connectivity index (χ1n) is 8.64. The van der Waals surface area contributed by atoms with Crippen LogP contribution in [0, 0.1) is 19.8 Å². The van der Waals surface area contributed by atoms with Crippen molar-refractivity contribution in [1.82, 2.24) is 30.0 Å². The van der Waals surface area contributed by atoms with Gasteiger partial charge in [-0.1, -0.05) is 5.16 Å². The molecule has 1 N–H and O–H groups in total. The zero-order valence-corrected chi connectivity index (χ0v) is 14.6. The summed E-state index contributed by atoms with van der Waals surface area (Å²) in [4.78, 5) is 18.8. The summed E-state index contributed by atoms with van der Waals surface area (Å²) in [5, 5.41) is 4.02. The second-order valence-electron chi connectivity index (χ2n) is 6.72. The van der Waals surface area contributed by atoms with Crippen LogP contribution in [0.3, 0.4) is 0 Å². The van der Waals surface area contributed by atoms with Gasteiger partial charge in [0.15, 0.2) is 0 Å². The lowest BCUT2D eigenvalue weighted by Gasteiger charge is -2.14. The number of aromatic amines is 1. The minimum atomic E-state index is 0.613. The normalized spacial score (nSPS) is 18.1. The highest BCUT2D eigenvalue weighted by Gasteiger charge is 2.24. The molecule has 1 atom stereocenters. The van der Waals surface area contributed by atoms with E-state index in [1.807, 2.05) is 20.0 Å². The molecule has 4 rings (SSSR count). The number of H-pyrrole nitrogens is 1. The lowest BCUT2D eigenvalue weighted by molar-refractivity contribution is 0.309. The van der Waals surface area contributed by atoms with Crippen molar-refractivity contribution in [2.75, 3.05) is 13.1 Å². The Hall–Kier alpha value is -2.54. The van der Waals surface area contributed by atoms with E-state index >= 15 is 0 Å². The van der Waals surface area contributed by atoms with E-state index < -0.39 is 0 Å². The SMILES string of the molecule is Cc1noc(C)c1-c1cc(C[C@H]2CCN(Cc3ncc[nH]3)C2)ncn1. The van der Waals surface area contributed by atoms with E-state index in [0.29, 0.717) is 5.92 Å². The molecule has 0 aromatic carbocycles. The van der Waals surface area contributed by atoms with Crippen molar-refractivity contribution in [1.29, 1.82) is 0 Å². The van der Waals surface area contributed by atoms with Gasteiger partial charge in [0.2, 0.25) is 0 Å². The van der Waals surface area contributed by atoms with Crippen LogP contribution in [-0.4, -0.2) is 43.1 Å². The second kappa shape index (κ2) is 6.76. The molecule has 4 heterocycles. The van der Waals surface area contributed by atoms with Crippen LogP contribution < -0.4 is 0 Å². The van der Waals surface area contributed by atoms with E-state index in [-0.39, 0.29) is 0 Å². The molecule has 1 fully saturated rings. The maximum absolute atomic E-state index is 5.26. The Bertz CT molecular complexity index is 822. The fourth-order valence-electron chi connectivity index (χ4n) is 3.61. The Morgan fingerprint density at radius 3 is 2.96 bits per heavy atom. The number of hydrogen-bond acceptors (Lipinski definition) is 6. The predicted molar refractivity (Wildman–Crippen MR) is 92.7 cm³/mol. The van der Waals surface area contributed by atoms with Crippen molar-refractivity contribution in [3.8, 4) is 11.3 Å². The Kier molecular flexibility index (Phi) is 4.31. The van der Waals surface area contributed by atoms with Gasteiger partial charge in [0, 0.05) is 24.6 Å². The van der Waals surface area contributed by atoms with Crippen LogP contribution in [0.5, 0.6) is 0 Å². The third kappa shape index (κ3) is 3.46. The summed E-state index contributed by atoms with van der Waals surface area (Å²) < 4.78 is 5.26. The fourth-order valence-corrected chi connectivity index (χ4v) is 3.61. The van der Waals surface area contributed by atoms with E-state index in [1.54, 1.807) is 12.5 Å². The van der Waals surface area contributed by atoms with Crippen molar-refractivity contribution in [2.24, 2.45) is 5.92 Å². The average molecular weight is 338 g/mol. The first-order valence-corrected chi connectivity index (χ1v) is 8.64. The Balaban J connectivity index is 1.43. The lowest BCUT2D eigenvalue weighted by Crippen LogP contribution is -2.21. The summed E-state index contributed by atoms with van der Waals surface area (Å²) in [6.07, 6.45) is 7.48. The van der Waals surface area contributed by atoms with E-state index in [1.165, 1.54) is 6.42 Å². The summed E-state index contributed by atoms with van der Waals surface area (Å²) in [5.74, 6) is 2.44. The van der Waals surface area contributed by atoms with Crippen LogP contribution in [0.4, 0.5) is 0 Å². The van der Waals surface area contributed by atoms with Gasteiger partial charge >= 0.3 is 0 Å². The van der Waals surface area contributed by atoms with Crippen LogP contribution >= 0.6 is 0 Å². The minimum Gasteiger partial charge on any atom is -0.361 e. The summed E-state index contributed by atoms with van der Waals surface area (Å²) in [5.41, 5.74) is 3.82. The molecule has 0 amide bonds. The quantitative estimate of drug-likeness (QED) is 0.769. The van der Waals surface area contributed by atoms with Gasteiger partial charge in [-0.3, -0.25) is 4.90 Å². The Morgan fingerprint density at radius 1 is 1.28 bits per heavy atom. The molecule has 0 saturated carbocycles. The van der Waals surface area contributed by atoms with Crippen LogP contribution in [0.15, 0.2) is 29.3 Å². The number of likely N-dealkylation sites (tertiary alicyclic amines) is 1. The smallest absolute Gasteiger partial charge is 0.143 e. The van der Waals surface area contributed by atoms with Crippen molar-refractivity contribution in [3.63, 3.8) is 0 Å². The topological polar surface area (TPSA) is 83.7 Å². The molecule has 0 bridgehead atoms. The van der Waals surface area contributed by atoms with Crippen LogP contribution in [0.2, 0.25) is 0 Å². The van der Waals surface area contributed by atoms with Crippen LogP contribution in [0.1, 0.15) is 29.4 Å². The van der Waals surface area contributed by atoms with Gasteiger partial charge in [0.25, 0.3) is 0 Å². The average Bonchev–Trinajstić information content (AvgIpc) is 3.32. The Morgan fingerprint density at radius 2 is 2.20 bits per heavy atom. The summed E-state index contributed by atoms with van der Waals surface area (Å²) >= 11 is 0. The largest absolute Gasteiger partial charge is 0.361 e. The molecule has 7 heteroatoms. The number of nitrogens with one attached hydrogen (secondary N) is 1. The molecule has 0 spiro atoms. The van der Waals surface area contributed by atoms with Crippen LogP contribution in [-0.2, 0) is 13.0 Å². The second-order valence-corrected chi connectivity index (χ2v) is 6.72.